The van der Waals surface area contributed by atoms with Gasteiger partial charge in [0.15, 0.2) is 5.13 Å². The number of aromatic amines is 1. The normalized spacial score (nSPS) is 19.9. The van der Waals surface area contributed by atoms with Crippen LogP contribution in [0.5, 0.6) is 0 Å². The van der Waals surface area contributed by atoms with Crippen LogP contribution in [0, 0.1) is 0 Å². The van der Waals surface area contributed by atoms with Crippen LogP contribution in [-0.2, 0) is 17.6 Å². The Balaban J connectivity index is 1.41. The number of H-pyrrole nitrogens is 1. The number of rotatable bonds is 4. The zero-order valence-corrected chi connectivity index (χ0v) is 20.2. The van der Waals surface area contributed by atoms with Crippen molar-refractivity contribution >= 4 is 39.2 Å². The second-order valence-electron chi connectivity index (χ2n) is 9.69. The summed E-state index contributed by atoms with van der Waals surface area (Å²) in [6.45, 7) is 6.04. The third kappa shape index (κ3) is 4.11. The molecule has 2 aliphatic heterocycles. The highest BCUT2D eigenvalue weighted by Gasteiger charge is 2.35. The third-order valence-electron chi connectivity index (χ3n) is 6.30. The molecule has 33 heavy (non-hydrogen) atoms. The predicted molar refractivity (Wildman–Crippen MR) is 129 cm³/mol. The van der Waals surface area contributed by atoms with Crippen molar-refractivity contribution in [2.24, 2.45) is 0 Å². The summed E-state index contributed by atoms with van der Waals surface area (Å²) in [7, 11) is 3.51. The zero-order chi connectivity index (χ0) is 23.3. The fourth-order valence-electron chi connectivity index (χ4n) is 4.66. The summed E-state index contributed by atoms with van der Waals surface area (Å²) in [5.74, 6) is -0.0469. The molecule has 8 nitrogen and oxygen atoms in total. The summed E-state index contributed by atoms with van der Waals surface area (Å²) in [5, 5.41) is 5.07. The number of nitrogens with one attached hydrogen (secondary N) is 2. The first-order valence-electron chi connectivity index (χ1n) is 11.2. The Hall–Kier alpha value is -2.91. The number of fused-ring (bicyclic) bond motifs is 2. The first-order chi connectivity index (χ1) is 15.7. The lowest BCUT2D eigenvalue weighted by Gasteiger charge is -2.35. The molecule has 0 unspecified atom stereocenters. The molecule has 9 heteroatoms. The second-order valence-corrected chi connectivity index (χ2v) is 10.7. The van der Waals surface area contributed by atoms with E-state index in [-0.39, 0.29) is 23.4 Å². The molecule has 4 heterocycles. The number of anilines is 1. The molecule has 2 amide bonds. The molecule has 0 aliphatic carbocycles. The molecule has 0 saturated carbocycles. The molecule has 3 aromatic rings. The van der Waals surface area contributed by atoms with E-state index in [1.165, 1.54) is 16.9 Å². The Morgan fingerprint density at radius 3 is 2.97 bits per heavy atom. The lowest BCUT2D eigenvalue weighted by molar-refractivity contribution is 0.0827. The molecule has 2 aliphatic rings. The van der Waals surface area contributed by atoms with Crippen molar-refractivity contribution in [3.05, 3.63) is 46.1 Å². The van der Waals surface area contributed by atoms with Gasteiger partial charge in [-0.25, -0.2) is 4.98 Å². The van der Waals surface area contributed by atoms with E-state index >= 15 is 0 Å². The van der Waals surface area contributed by atoms with Gasteiger partial charge in [-0.15, -0.1) is 0 Å². The number of aromatic nitrogens is 2. The van der Waals surface area contributed by atoms with E-state index in [4.69, 9.17) is 9.72 Å². The number of morpholine rings is 1. The number of amides is 2. The number of nitrogens with zero attached hydrogens (tertiary/aromatic N) is 3. The van der Waals surface area contributed by atoms with Crippen LogP contribution in [0.2, 0.25) is 0 Å². The highest BCUT2D eigenvalue weighted by atomic mass is 32.1. The topological polar surface area (TPSA) is 90.6 Å². The van der Waals surface area contributed by atoms with Gasteiger partial charge in [-0.1, -0.05) is 17.4 Å². The van der Waals surface area contributed by atoms with Gasteiger partial charge < -0.3 is 24.8 Å². The number of carbonyl (C=O) groups is 2. The van der Waals surface area contributed by atoms with Gasteiger partial charge in [0.25, 0.3) is 11.8 Å². The van der Waals surface area contributed by atoms with Crippen LogP contribution in [0.3, 0.4) is 0 Å². The van der Waals surface area contributed by atoms with Crippen molar-refractivity contribution in [2.45, 2.75) is 38.3 Å². The minimum Gasteiger partial charge on any atom is -0.377 e. The van der Waals surface area contributed by atoms with Gasteiger partial charge in [-0.05, 0) is 38.0 Å². The number of carbonyl (C=O) groups excluding carboxylic acids is 2. The summed E-state index contributed by atoms with van der Waals surface area (Å²) in [6, 6.07) is 5.92. The van der Waals surface area contributed by atoms with E-state index in [1.54, 1.807) is 19.0 Å². The fourth-order valence-corrected chi connectivity index (χ4v) is 5.74. The van der Waals surface area contributed by atoms with Gasteiger partial charge in [0.2, 0.25) is 0 Å². The van der Waals surface area contributed by atoms with Gasteiger partial charge in [0.05, 0.1) is 24.9 Å². The average Bonchev–Trinajstić information content (AvgIpc) is 3.36. The second kappa shape index (κ2) is 8.14. The molecule has 0 spiro atoms. The SMILES string of the molecule is CN(C)C(=O)c1ccc2c(C[C@H]3COCCN3c3nc4c(s3)C(=O)NC(C)(C)C4)c[nH]c2c1. The van der Waals surface area contributed by atoms with Crippen LogP contribution in [0.25, 0.3) is 10.9 Å². The van der Waals surface area contributed by atoms with E-state index in [0.717, 1.165) is 46.0 Å². The zero-order valence-electron chi connectivity index (χ0n) is 19.4. The minimum absolute atomic E-state index is 0.0140. The molecule has 2 aromatic heterocycles. The Labute approximate surface area is 196 Å². The molecular formula is C24H29N5O3S. The van der Waals surface area contributed by atoms with Crippen LogP contribution in [0.1, 0.15) is 45.1 Å². The number of benzene rings is 1. The van der Waals surface area contributed by atoms with E-state index in [1.807, 2.05) is 38.2 Å². The molecule has 1 fully saturated rings. The summed E-state index contributed by atoms with van der Waals surface area (Å²) in [6.07, 6.45) is 3.53. The average molecular weight is 468 g/mol. The highest BCUT2D eigenvalue weighted by molar-refractivity contribution is 7.17. The van der Waals surface area contributed by atoms with Crippen LogP contribution in [-0.4, -0.2) is 72.1 Å². The Kier molecular flexibility index (Phi) is 5.41. The monoisotopic (exact) mass is 467 g/mol. The van der Waals surface area contributed by atoms with Crippen molar-refractivity contribution in [1.82, 2.24) is 20.2 Å². The van der Waals surface area contributed by atoms with Gasteiger partial charge in [-0.3, -0.25) is 9.59 Å². The van der Waals surface area contributed by atoms with Gasteiger partial charge in [0, 0.05) is 55.3 Å². The van der Waals surface area contributed by atoms with Gasteiger partial charge in [0.1, 0.15) is 4.88 Å². The quantitative estimate of drug-likeness (QED) is 0.616. The van der Waals surface area contributed by atoms with Crippen molar-refractivity contribution in [3.8, 4) is 0 Å². The summed E-state index contributed by atoms with van der Waals surface area (Å²) in [5.41, 5.74) is 3.40. The lowest BCUT2D eigenvalue weighted by atomic mass is 9.94. The van der Waals surface area contributed by atoms with Crippen LogP contribution >= 0.6 is 11.3 Å². The Bertz CT molecular complexity index is 1230. The highest BCUT2D eigenvalue weighted by Crippen LogP contribution is 2.34. The number of ether oxygens (including phenoxy) is 1. The van der Waals surface area contributed by atoms with Gasteiger partial charge in [-0.2, -0.15) is 0 Å². The molecule has 0 bridgehead atoms. The number of hydrogen-bond acceptors (Lipinski definition) is 6. The standard InChI is InChI=1S/C24H29N5O3S/c1-24(2)11-19-20(21(30)27-24)33-23(26-19)29-7-8-32-13-16(29)9-15-12-25-18-10-14(5-6-17(15)18)22(31)28(3)4/h5-6,10,12,16,25H,7-9,11,13H2,1-4H3,(H,27,30)/t16-/m0/s1. The number of hydrogen-bond donors (Lipinski definition) is 2. The smallest absolute Gasteiger partial charge is 0.263 e. The molecule has 2 N–H and O–H groups in total. The largest absolute Gasteiger partial charge is 0.377 e. The van der Waals surface area contributed by atoms with Crippen molar-refractivity contribution in [3.63, 3.8) is 0 Å². The maximum absolute atomic E-state index is 12.6. The lowest BCUT2D eigenvalue weighted by Crippen LogP contribution is -2.48. The molecule has 1 saturated heterocycles. The summed E-state index contributed by atoms with van der Waals surface area (Å²) in [4.78, 5) is 37.7. The molecule has 0 radical (unpaired) electrons. The van der Waals surface area contributed by atoms with Crippen molar-refractivity contribution in [1.29, 1.82) is 0 Å². The number of thiazole rings is 1. The van der Waals surface area contributed by atoms with Gasteiger partial charge >= 0.3 is 0 Å². The minimum atomic E-state index is -0.281. The van der Waals surface area contributed by atoms with Crippen molar-refractivity contribution in [2.75, 3.05) is 38.8 Å². The first kappa shape index (κ1) is 21.9. The van der Waals surface area contributed by atoms with Crippen LogP contribution < -0.4 is 10.2 Å². The fraction of sp³-hybridized carbons (Fsp3) is 0.458. The first-order valence-corrected chi connectivity index (χ1v) is 12.0. The molecule has 1 aromatic carbocycles. The Morgan fingerprint density at radius 1 is 1.36 bits per heavy atom. The van der Waals surface area contributed by atoms with E-state index in [0.29, 0.717) is 18.8 Å². The Morgan fingerprint density at radius 2 is 2.18 bits per heavy atom. The van der Waals surface area contributed by atoms with Crippen LogP contribution in [0.4, 0.5) is 5.13 Å². The maximum atomic E-state index is 12.6. The van der Waals surface area contributed by atoms with Crippen molar-refractivity contribution < 1.29 is 14.3 Å². The summed E-state index contributed by atoms with van der Waals surface area (Å²) >= 11 is 1.48. The molecule has 174 valence electrons. The molecule has 1 atom stereocenters. The van der Waals surface area contributed by atoms with Crippen LogP contribution in [0.15, 0.2) is 24.4 Å². The third-order valence-corrected chi connectivity index (χ3v) is 7.44. The summed E-state index contributed by atoms with van der Waals surface area (Å²) < 4.78 is 5.82. The van der Waals surface area contributed by atoms with E-state index < -0.39 is 0 Å². The van der Waals surface area contributed by atoms with E-state index in [9.17, 15) is 9.59 Å². The predicted octanol–water partition coefficient (Wildman–Crippen LogP) is 2.84. The molecular weight excluding hydrogens is 438 g/mol. The van der Waals surface area contributed by atoms with E-state index in [2.05, 4.69) is 15.2 Å². The molecule has 5 rings (SSSR count). The maximum Gasteiger partial charge on any atom is 0.263 e.